The summed E-state index contributed by atoms with van der Waals surface area (Å²) in [6.07, 6.45) is 0.854. The number of aliphatic hydroxyl groups excluding tert-OH is 1. The third-order valence-corrected chi connectivity index (χ3v) is 3.40. The second kappa shape index (κ2) is 5.21. The maximum atomic E-state index is 10.4. The van der Waals surface area contributed by atoms with Crippen LogP contribution in [0.5, 0.6) is 11.5 Å². The first-order valence-corrected chi connectivity index (χ1v) is 6.76. The van der Waals surface area contributed by atoms with E-state index in [0.717, 1.165) is 22.6 Å². The number of benzene rings is 1. The van der Waals surface area contributed by atoms with Gasteiger partial charge in [0.05, 0.1) is 19.5 Å². The summed E-state index contributed by atoms with van der Waals surface area (Å²) < 4.78 is 16.7. The molecule has 1 aliphatic heterocycles. The van der Waals surface area contributed by atoms with Crippen molar-refractivity contribution < 1.29 is 19.0 Å². The molecule has 0 bridgehead atoms. The van der Waals surface area contributed by atoms with Gasteiger partial charge in [0.2, 0.25) is 0 Å². The first-order chi connectivity index (χ1) is 9.63. The number of hydrogen-bond acceptors (Lipinski definition) is 4. The van der Waals surface area contributed by atoms with E-state index in [4.69, 9.17) is 13.9 Å². The largest absolute Gasteiger partial charge is 0.489 e. The molecule has 0 radical (unpaired) electrons. The normalized spacial score (nSPS) is 19.4. The number of ether oxygens (including phenoxy) is 2. The first-order valence-electron chi connectivity index (χ1n) is 6.76. The number of furan rings is 1. The zero-order valence-corrected chi connectivity index (χ0v) is 11.6. The van der Waals surface area contributed by atoms with Gasteiger partial charge in [0.25, 0.3) is 0 Å². The van der Waals surface area contributed by atoms with Crippen LogP contribution in [0.15, 0.2) is 34.9 Å². The Morgan fingerprint density at radius 3 is 2.55 bits per heavy atom. The summed E-state index contributed by atoms with van der Waals surface area (Å²) in [5.74, 6) is 2.55. The van der Waals surface area contributed by atoms with Gasteiger partial charge in [-0.2, -0.15) is 0 Å². The van der Waals surface area contributed by atoms with Gasteiger partial charge in [-0.05, 0) is 30.7 Å². The van der Waals surface area contributed by atoms with E-state index in [-0.39, 0.29) is 0 Å². The van der Waals surface area contributed by atoms with E-state index in [1.165, 1.54) is 0 Å². The molecule has 2 atom stereocenters. The van der Waals surface area contributed by atoms with Crippen LogP contribution in [0.3, 0.4) is 0 Å². The molecule has 4 nitrogen and oxygen atoms in total. The Kier molecular flexibility index (Phi) is 3.40. The molecule has 3 rings (SSSR count). The van der Waals surface area contributed by atoms with Gasteiger partial charge < -0.3 is 19.0 Å². The summed E-state index contributed by atoms with van der Waals surface area (Å²) in [5.41, 5.74) is 1.51. The summed E-state index contributed by atoms with van der Waals surface area (Å²) in [7, 11) is 0. The van der Waals surface area contributed by atoms with Crippen LogP contribution in [0.25, 0.3) is 0 Å². The average Bonchev–Trinajstić information content (AvgIpc) is 2.80. The summed E-state index contributed by atoms with van der Waals surface area (Å²) in [6.45, 7) is 5.20. The van der Waals surface area contributed by atoms with Crippen LogP contribution in [0.1, 0.15) is 29.9 Å². The third kappa shape index (κ3) is 2.51. The molecule has 0 amide bonds. The van der Waals surface area contributed by atoms with Crippen LogP contribution in [-0.4, -0.2) is 18.3 Å². The monoisotopic (exact) mass is 274 g/mol. The summed E-state index contributed by atoms with van der Waals surface area (Å²) in [5, 5.41) is 10.4. The van der Waals surface area contributed by atoms with Crippen molar-refractivity contribution in [1.29, 1.82) is 0 Å². The number of hydrogen-bond donors (Lipinski definition) is 1. The minimum Gasteiger partial charge on any atom is -0.489 e. The molecule has 4 heteroatoms. The van der Waals surface area contributed by atoms with Crippen molar-refractivity contribution in [3.8, 4) is 11.5 Å². The highest BCUT2D eigenvalue weighted by Gasteiger charge is 2.19. The fraction of sp³-hybridized carbons (Fsp3) is 0.375. The maximum absolute atomic E-state index is 10.4. The lowest BCUT2D eigenvalue weighted by Gasteiger charge is -2.12. The lowest BCUT2D eigenvalue weighted by molar-refractivity contribution is 0.217. The minimum atomic E-state index is -0.720. The highest BCUT2D eigenvalue weighted by atomic mass is 16.5. The topological polar surface area (TPSA) is 51.8 Å². The zero-order valence-electron chi connectivity index (χ0n) is 11.6. The number of rotatable bonds is 2. The van der Waals surface area contributed by atoms with Crippen LogP contribution < -0.4 is 9.47 Å². The van der Waals surface area contributed by atoms with Crippen LogP contribution in [0.4, 0.5) is 0 Å². The van der Waals surface area contributed by atoms with E-state index in [9.17, 15) is 5.11 Å². The maximum Gasteiger partial charge on any atom is 0.161 e. The Morgan fingerprint density at radius 1 is 1.10 bits per heavy atom. The molecule has 2 heterocycles. The molecule has 0 saturated carbocycles. The van der Waals surface area contributed by atoms with Gasteiger partial charge in [-0.1, -0.05) is 13.0 Å². The molecular formula is C16H18O4. The van der Waals surface area contributed by atoms with Gasteiger partial charge in [-0.25, -0.2) is 0 Å². The van der Waals surface area contributed by atoms with Gasteiger partial charge in [0.1, 0.15) is 11.9 Å². The fourth-order valence-corrected chi connectivity index (χ4v) is 2.24. The predicted octanol–water partition coefficient (Wildman–Crippen LogP) is 3.08. The SMILES string of the molecule is Cc1cc(C(O)c2ccc3c(c2)OCC(C)CO3)co1. The van der Waals surface area contributed by atoms with Gasteiger partial charge >= 0.3 is 0 Å². The molecule has 2 unspecified atom stereocenters. The lowest BCUT2D eigenvalue weighted by Crippen LogP contribution is -2.12. The number of fused-ring (bicyclic) bond motifs is 1. The summed E-state index contributed by atoms with van der Waals surface area (Å²) in [4.78, 5) is 0. The second-order valence-corrected chi connectivity index (χ2v) is 5.33. The Bertz CT molecular complexity index is 602. The minimum absolute atomic E-state index is 0.354. The van der Waals surface area contributed by atoms with E-state index < -0.39 is 6.10 Å². The quantitative estimate of drug-likeness (QED) is 0.914. The van der Waals surface area contributed by atoms with E-state index in [1.54, 1.807) is 6.26 Å². The van der Waals surface area contributed by atoms with Gasteiger partial charge in [-0.3, -0.25) is 0 Å². The highest BCUT2D eigenvalue weighted by molar-refractivity contribution is 5.45. The molecular weight excluding hydrogens is 256 g/mol. The van der Waals surface area contributed by atoms with Crippen molar-refractivity contribution >= 4 is 0 Å². The molecule has 20 heavy (non-hydrogen) atoms. The van der Waals surface area contributed by atoms with Gasteiger partial charge in [0.15, 0.2) is 11.5 Å². The van der Waals surface area contributed by atoms with E-state index in [0.29, 0.717) is 24.9 Å². The van der Waals surface area contributed by atoms with E-state index in [2.05, 4.69) is 6.92 Å². The molecule has 0 saturated heterocycles. The summed E-state index contributed by atoms with van der Waals surface area (Å²) >= 11 is 0. The Hall–Kier alpha value is -1.94. The molecule has 0 fully saturated rings. The number of aliphatic hydroxyl groups is 1. The zero-order chi connectivity index (χ0) is 14.1. The van der Waals surface area contributed by atoms with Gasteiger partial charge in [-0.15, -0.1) is 0 Å². The van der Waals surface area contributed by atoms with Crippen LogP contribution in [0, 0.1) is 12.8 Å². The number of aryl methyl sites for hydroxylation is 1. The molecule has 106 valence electrons. The Balaban J connectivity index is 1.88. The highest BCUT2D eigenvalue weighted by Crippen LogP contribution is 2.34. The Labute approximate surface area is 117 Å². The molecule has 2 aromatic rings. The smallest absolute Gasteiger partial charge is 0.161 e. The average molecular weight is 274 g/mol. The molecule has 1 aliphatic rings. The van der Waals surface area contributed by atoms with Crippen LogP contribution in [0.2, 0.25) is 0 Å². The van der Waals surface area contributed by atoms with Crippen molar-refractivity contribution in [2.45, 2.75) is 20.0 Å². The molecule has 0 aliphatic carbocycles. The molecule has 0 spiro atoms. The predicted molar refractivity (Wildman–Crippen MR) is 74.1 cm³/mol. The Morgan fingerprint density at radius 2 is 1.85 bits per heavy atom. The van der Waals surface area contributed by atoms with Crippen molar-refractivity contribution in [1.82, 2.24) is 0 Å². The van der Waals surface area contributed by atoms with Crippen LogP contribution in [-0.2, 0) is 0 Å². The van der Waals surface area contributed by atoms with Crippen LogP contribution >= 0.6 is 0 Å². The second-order valence-electron chi connectivity index (χ2n) is 5.33. The molecule has 1 aromatic carbocycles. The molecule has 1 N–H and O–H groups in total. The van der Waals surface area contributed by atoms with Gasteiger partial charge in [0, 0.05) is 11.5 Å². The van der Waals surface area contributed by atoms with Crippen molar-refractivity contribution in [2.75, 3.05) is 13.2 Å². The molecule has 1 aromatic heterocycles. The van der Waals surface area contributed by atoms with Crippen molar-refractivity contribution in [3.63, 3.8) is 0 Å². The third-order valence-electron chi connectivity index (χ3n) is 3.40. The lowest BCUT2D eigenvalue weighted by atomic mass is 10.0. The first kappa shape index (κ1) is 13.1. The van der Waals surface area contributed by atoms with E-state index >= 15 is 0 Å². The van der Waals surface area contributed by atoms with E-state index in [1.807, 2.05) is 31.2 Å². The van der Waals surface area contributed by atoms with Crippen molar-refractivity contribution in [2.24, 2.45) is 5.92 Å². The van der Waals surface area contributed by atoms with Crippen molar-refractivity contribution in [3.05, 3.63) is 47.4 Å². The standard InChI is InChI=1S/C16H18O4/c1-10-7-19-14-4-3-12(6-15(14)20-8-10)16(17)13-5-11(2)18-9-13/h3-6,9-10,16-17H,7-8H2,1-2H3. The summed E-state index contributed by atoms with van der Waals surface area (Å²) in [6, 6.07) is 7.36. The fourth-order valence-electron chi connectivity index (χ4n) is 2.24.